The van der Waals surface area contributed by atoms with Gasteiger partial charge < -0.3 is 55.1 Å². The number of rotatable bonds is 4. The Balaban J connectivity index is 1.63. The van der Waals surface area contributed by atoms with E-state index in [9.17, 15) is 45.6 Å². The van der Waals surface area contributed by atoms with Crippen molar-refractivity contribution in [1.29, 1.82) is 0 Å². The van der Waals surface area contributed by atoms with Crippen molar-refractivity contribution in [3.05, 3.63) is 41.5 Å². The number of phenolic OH excluding ortho intramolecular Hbond substituents is 3. The third-order valence-electron chi connectivity index (χ3n) is 5.53. The zero-order chi connectivity index (χ0) is 24.0. The van der Waals surface area contributed by atoms with E-state index in [0.29, 0.717) is 0 Å². The second-order valence-corrected chi connectivity index (χ2v) is 7.73. The summed E-state index contributed by atoms with van der Waals surface area (Å²) >= 11 is 0. The number of ketones is 1. The maximum atomic E-state index is 12.6. The van der Waals surface area contributed by atoms with E-state index in [1.807, 2.05) is 0 Å². The van der Waals surface area contributed by atoms with Crippen molar-refractivity contribution in [1.82, 2.24) is 0 Å². The van der Waals surface area contributed by atoms with Gasteiger partial charge in [-0.25, -0.2) is 0 Å². The number of carbonyl (C=O) groups is 1. The van der Waals surface area contributed by atoms with Gasteiger partial charge in [0.1, 0.15) is 47.2 Å². The molecule has 0 aromatic heterocycles. The van der Waals surface area contributed by atoms with Gasteiger partial charge in [0.15, 0.2) is 23.7 Å². The summed E-state index contributed by atoms with van der Waals surface area (Å²) in [5.74, 6) is -2.68. The Morgan fingerprint density at radius 2 is 1.64 bits per heavy atom. The van der Waals surface area contributed by atoms with Gasteiger partial charge in [0.05, 0.1) is 6.61 Å². The lowest BCUT2D eigenvalue weighted by Gasteiger charge is -2.39. The van der Waals surface area contributed by atoms with E-state index in [2.05, 4.69) is 0 Å². The fourth-order valence-corrected chi connectivity index (χ4v) is 3.76. The van der Waals surface area contributed by atoms with E-state index in [4.69, 9.17) is 14.2 Å². The number of fused-ring (bicyclic) bond motifs is 1. The molecule has 12 nitrogen and oxygen atoms in total. The molecule has 12 heteroatoms. The summed E-state index contributed by atoms with van der Waals surface area (Å²) in [6.45, 7) is -0.680. The predicted octanol–water partition coefficient (Wildman–Crippen LogP) is -1.34. The number of ether oxygens (including phenoxy) is 3. The second kappa shape index (κ2) is 8.67. The van der Waals surface area contributed by atoms with Crippen LogP contribution in [0.5, 0.6) is 28.7 Å². The standard InChI is InChI=1S/C21H22O12/c22-6-13-15(26)17(28)19(30)21(33-13)32-11-3-7(1-2-9(11)24)20-18(29)16(27)14-10(25)4-8(23)5-12(14)31-20/h1-5,13,15,17-26,28-30H,6H2/t13-,15-,17+,18+,19-,20-,21-/m1/s1. The van der Waals surface area contributed by atoms with Gasteiger partial charge in [0, 0.05) is 12.1 Å². The fraction of sp³-hybridized carbons (Fsp3) is 0.381. The first-order chi connectivity index (χ1) is 15.6. The third-order valence-corrected chi connectivity index (χ3v) is 5.53. The molecule has 0 radical (unpaired) electrons. The molecule has 0 bridgehead atoms. The zero-order valence-electron chi connectivity index (χ0n) is 16.8. The van der Waals surface area contributed by atoms with Crippen molar-refractivity contribution in [3.63, 3.8) is 0 Å². The number of aliphatic hydroxyl groups is 5. The van der Waals surface area contributed by atoms with Crippen LogP contribution in [0.4, 0.5) is 0 Å². The summed E-state index contributed by atoms with van der Waals surface area (Å²) in [6, 6.07) is 5.69. The predicted molar refractivity (Wildman–Crippen MR) is 106 cm³/mol. The van der Waals surface area contributed by atoms with Gasteiger partial charge in [0.25, 0.3) is 0 Å². The van der Waals surface area contributed by atoms with Crippen molar-refractivity contribution < 1.29 is 59.9 Å². The third kappa shape index (κ3) is 4.04. The van der Waals surface area contributed by atoms with Crippen LogP contribution >= 0.6 is 0 Å². The van der Waals surface area contributed by atoms with Crippen molar-refractivity contribution >= 4 is 5.78 Å². The van der Waals surface area contributed by atoms with Crippen LogP contribution in [0.25, 0.3) is 0 Å². The molecule has 2 aromatic carbocycles. The van der Waals surface area contributed by atoms with Crippen LogP contribution < -0.4 is 9.47 Å². The summed E-state index contributed by atoms with van der Waals surface area (Å²) in [5.41, 5.74) is -0.158. The molecule has 33 heavy (non-hydrogen) atoms. The average molecular weight is 466 g/mol. The highest BCUT2D eigenvalue weighted by atomic mass is 16.7. The molecule has 7 atom stereocenters. The molecule has 4 rings (SSSR count). The van der Waals surface area contributed by atoms with Crippen LogP contribution in [0.2, 0.25) is 0 Å². The first-order valence-electron chi connectivity index (χ1n) is 9.87. The minimum atomic E-state index is -1.75. The molecule has 0 amide bonds. The highest BCUT2D eigenvalue weighted by molar-refractivity contribution is 6.05. The Bertz CT molecular complexity index is 1050. The Morgan fingerprint density at radius 3 is 2.33 bits per heavy atom. The molecular formula is C21H22O12. The molecule has 0 aliphatic carbocycles. The summed E-state index contributed by atoms with van der Waals surface area (Å²) in [5, 5.41) is 79.5. The van der Waals surface area contributed by atoms with Gasteiger partial charge in [-0.15, -0.1) is 0 Å². The fourth-order valence-electron chi connectivity index (χ4n) is 3.76. The minimum Gasteiger partial charge on any atom is -0.508 e. The molecular weight excluding hydrogens is 444 g/mol. The summed E-state index contributed by atoms with van der Waals surface area (Å²) in [6.07, 6.45) is -10.9. The second-order valence-electron chi connectivity index (χ2n) is 7.73. The summed E-state index contributed by atoms with van der Waals surface area (Å²) < 4.78 is 16.3. The van der Waals surface area contributed by atoms with Gasteiger partial charge in [-0.3, -0.25) is 4.79 Å². The maximum absolute atomic E-state index is 12.6. The number of carbonyl (C=O) groups excluding carboxylic acids is 1. The topological polar surface area (TPSA) is 207 Å². The first-order valence-corrected chi connectivity index (χ1v) is 9.87. The summed E-state index contributed by atoms with van der Waals surface area (Å²) in [4.78, 5) is 12.6. The molecule has 178 valence electrons. The lowest BCUT2D eigenvalue weighted by atomic mass is 9.92. The quantitative estimate of drug-likeness (QED) is 0.263. The van der Waals surface area contributed by atoms with Crippen LogP contribution in [-0.4, -0.2) is 90.1 Å². The number of phenols is 3. The largest absolute Gasteiger partial charge is 0.508 e. The van der Waals surface area contributed by atoms with Crippen molar-refractivity contribution in [2.75, 3.05) is 6.61 Å². The number of hydrogen-bond donors (Lipinski definition) is 8. The molecule has 2 aliphatic heterocycles. The molecule has 0 saturated carbocycles. The molecule has 2 heterocycles. The van der Waals surface area contributed by atoms with Crippen molar-refractivity contribution in [3.8, 4) is 28.7 Å². The molecule has 2 aliphatic rings. The van der Waals surface area contributed by atoms with Crippen LogP contribution in [0.15, 0.2) is 30.3 Å². The number of benzene rings is 2. The zero-order valence-corrected chi connectivity index (χ0v) is 16.8. The Kier molecular flexibility index (Phi) is 6.05. The molecule has 0 spiro atoms. The maximum Gasteiger partial charge on any atom is 0.229 e. The van der Waals surface area contributed by atoms with Gasteiger partial charge in [0.2, 0.25) is 12.1 Å². The SMILES string of the molecule is O=C1c2c(O)cc(O)cc2O[C@H](c2ccc(O)c(O[C@@H]3O[C@H](CO)[C@@H](O)[C@H](O)[C@H]3O)c2)[C@H]1O. The van der Waals surface area contributed by atoms with E-state index >= 15 is 0 Å². The van der Waals surface area contributed by atoms with Crippen LogP contribution in [0.1, 0.15) is 22.0 Å². The van der Waals surface area contributed by atoms with Crippen LogP contribution in [0, 0.1) is 0 Å². The normalized spacial score (nSPS) is 31.5. The molecule has 0 unspecified atom stereocenters. The Morgan fingerprint density at radius 1 is 0.909 bits per heavy atom. The van der Waals surface area contributed by atoms with Crippen LogP contribution in [-0.2, 0) is 4.74 Å². The lowest BCUT2D eigenvalue weighted by Crippen LogP contribution is -2.60. The first kappa shape index (κ1) is 23.0. The molecule has 8 N–H and O–H groups in total. The van der Waals surface area contributed by atoms with E-state index in [1.165, 1.54) is 12.1 Å². The number of Topliss-reactive ketones (excluding diaryl/α,β-unsaturated/α-hetero) is 1. The van der Waals surface area contributed by atoms with Gasteiger partial charge >= 0.3 is 0 Å². The summed E-state index contributed by atoms with van der Waals surface area (Å²) in [7, 11) is 0. The highest BCUT2D eigenvalue weighted by Gasteiger charge is 2.45. The van der Waals surface area contributed by atoms with Gasteiger partial charge in [-0.2, -0.15) is 0 Å². The smallest absolute Gasteiger partial charge is 0.229 e. The van der Waals surface area contributed by atoms with E-state index in [1.54, 1.807) is 0 Å². The molecule has 1 saturated heterocycles. The van der Waals surface area contributed by atoms with Crippen molar-refractivity contribution in [2.45, 2.75) is 42.9 Å². The van der Waals surface area contributed by atoms with Crippen molar-refractivity contribution in [2.24, 2.45) is 0 Å². The lowest BCUT2D eigenvalue weighted by molar-refractivity contribution is -0.277. The number of aromatic hydroxyl groups is 3. The van der Waals surface area contributed by atoms with Crippen LogP contribution in [0.3, 0.4) is 0 Å². The molecule has 1 fully saturated rings. The van der Waals surface area contributed by atoms with E-state index < -0.39 is 66.8 Å². The van der Waals surface area contributed by atoms with E-state index in [-0.39, 0.29) is 28.4 Å². The van der Waals surface area contributed by atoms with E-state index in [0.717, 1.165) is 18.2 Å². The van der Waals surface area contributed by atoms with Gasteiger partial charge in [-0.05, 0) is 17.7 Å². The minimum absolute atomic E-state index is 0.140. The Hall–Kier alpha value is -3.13. The highest BCUT2D eigenvalue weighted by Crippen LogP contribution is 2.43. The molecule has 2 aromatic rings. The number of aliphatic hydroxyl groups excluding tert-OH is 5. The monoisotopic (exact) mass is 466 g/mol. The van der Waals surface area contributed by atoms with Gasteiger partial charge in [-0.1, -0.05) is 6.07 Å². The Labute approximate surface area is 186 Å². The average Bonchev–Trinajstić information content (AvgIpc) is 2.77. The number of hydrogen-bond acceptors (Lipinski definition) is 12.